The van der Waals surface area contributed by atoms with E-state index in [-0.39, 0.29) is 0 Å². The smallest absolute Gasteiger partial charge is 0.0480 e. The molecule has 0 aromatic heterocycles. The summed E-state index contributed by atoms with van der Waals surface area (Å²) in [5.41, 5.74) is 29.2. The molecule has 0 aliphatic rings. The molecule has 0 heterocycles. The Hall–Kier alpha value is -0.800. The van der Waals surface area contributed by atoms with Crippen LogP contribution in [0.2, 0.25) is 0 Å². The highest BCUT2D eigenvalue weighted by Gasteiger charge is 2.10. The van der Waals surface area contributed by atoms with Gasteiger partial charge in [-0.3, -0.25) is 14.7 Å². The number of nitrogens with zero attached hydrogens (tertiary/aromatic N) is 6. The molecule has 0 atom stereocenters. The van der Waals surface area contributed by atoms with Crippen LogP contribution in [0.15, 0.2) is 0 Å². The van der Waals surface area contributed by atoms with Crippen LogP contribution in [-0.2, 0) is 0 Å². The van der Waals surface area contributed by atoms with E-state index in [9.17, 15) is 0 Å². The van der Waals surface area contributed by atoms with Crippen LogP contribution in [0.4, 0.5) is 0 Å². The van der Waals surface area contributed by atoms with Gasteiger partial charge in [-0.25, -0.2) is 0 Å². The van der Waals surface area contributed by atoms with Crippen molar-refractivity contribution in [3.63, 3.8) is 0 Å². The summed E-state index contributed by atoms with van der Waals surface area (Å²) in [5.74, 6) is 0. The lowest BCUT2D eigenvalue weighted by Crippen LogP contribution is -2.43. The van der Waals surface area contributed by atoms with Crippen LogP contribution >= 0.6 is 0 Å². The summed E-state index contributed by atoms with van der Waals surface area (Å²) in [6.07, 6.45) is 8.23. The van der Waals surface area contributed by atoms with Crippen molar-refractivity contribution in [3.05, 3.63) is 0 Å². The van der Waals surface area contributed by atoms with Crippen molar-refractivity contribution in [3.8, 4) is 0 Å². The number of nitrogens with one attached hydrogen (secondary N) is 9. The van der Waals surface area contributed by atoms with E-state index < -0.39 is 0 Å². The standard InChI is InChI=1S/C49H120N20/c1-4-16-56-17-6-7-33-65(44-26-59-21-11-50)42-24-57-18-8-34-64(41-28-61-30-46-67(37-12-51)38-13-52)35-9-19-58-25-43-66(36-10-20-63-49-69(32-5-2)40-15-54)45-29-62-31-48-68(39-14-53)47-27-60-23-22-55-3/h55-63H,4-54H2,1-3H3. The lowest BCUT2D eigenvalue weighted by molar-refractivity contribution is 0.240. The molecule has 69 heavy (non-hydrogen) atoms. The molecule has 0 bridgehead atoms. The zero-order valence-electron chi connectivity index (χ0n) is 45.6. The third-order valence-corrected chi connectivity index (χ3v) is 12.4. The van der Waals surface area contributed by atoms with Gasteiger partial charge in [0.1, 0.15) is 0 Å². The van der Waals surface area contributed by atoms with Gasteiger partial charge in [-0.1, -0.05) is 13.8 Å². The van der Waals surface area contributed by atoms with Crippen LogP contribution < -0.4 is 76.5 Å². The highest BCUT2D eigenvalue weighted by molar-refractivity contribution is 4.70. The number of hydrogen-bond donors (Lipinski definition) is 14. The molecule has 0 amide bonds. The van der Waals surface area contributed by atoms with Crippen LogP contribution in [0.25, 0.3) is 0 Å². The monoisotopic (exact) mass is 989 g/mol. The van der Waals surface area contributed by atoms with Gasteiger partial charge < -0.3 is 91.2 Å². The zero-order chi connectivity index (χ0) is 50.4. The molecule has 0 fully saturated rings. The molecule has 0 aliphatic heterocycles. The summed E-state index contributed by atoms with van der Waals surface area (Å²) < 4.78 is 0. The Labute approximate surface area is 425 Å². The normalized spacial score (nSPS) is 12.3. The molecule has 0 saturated carbocycles. The second-order valence-corrected chi connectivity index (χ2v) is 18.5. The molecular weight excluding hydrogens is 869 g/mol. The predicted octanol–water partition coefficient (Wildman–Crippen LogP) is -3.74. The number of likely N-dealkylation sites (N-methyl/N-ethyl adjacent to an activating group) is 1. The van der Waals surface area contributed by atoms with Gasteiger partial charge >= 0.3 is 0 Å². The Kier molecular flexibility index (Phi) is 55.8. The summed E-state index contributed by atoms with van der Waals surface area (Å²) in [7, 11) is 1.99. The van der Waals surface area contributed by atoms with E-state index in [0.29, 0.717) is 32.7 Å². The summed E-state index contributed by atoms with van der Waals surface area (Å²) in [4.78, 5) is 15.1. The maximum absolute atomic E-state index is 5.95. The minimum absolute atomic E-state index is 0.670. The van der Waals surface area contributed by atoms with Gasteiger partial charge in [0, 0.05) is 190 Å². The first-order chi connectivity index (χ1) is 34.0. The van der Waals surface area contributed by atoms with Crippen LogP contribution in [0, 0.1) is 0 Å². The average Bonchev–Trinajstić information content (AvgIpc) is 3.34. The van der Waals surface area contributed by atoms with Crippen LogP contribution in [0.5, 0.6) is 0 Å². The van der Waals surface area contributed by atoms with Crippen LogP contribution in [-0.4, -0.2) is 292 Å². The van der Waals surface area contributed by atoms with Gasteiger partial charge in [0.2, 0.25) is 0 Å². The third-order valence-electron chi connectivity index (χ3n) is 12.4. The van der Waals surface area contributed by atoms with Gasteiger partial charge in [0.05, 0.1) is 0 Å². The maximum Gasteiger partial charge on any atom is 0.0480 e. The van der Waals surface area contributed by atoms with E-state index in [1.54, 1.807) is 0 Å². The number of rotatable bonds is 60. The molecule has 0 rings (SSSR count). The van der Waals surface area contributed by atoms with E-state index in [1.165, 1.54) is 19.3 Å². The summed E-state index contributed by atoms with van der Waals surface area (Å²) in [5, 5.41) is 32.4. The van der Waals surface area contributed by atoms with E-state index in [2.05, 4.69) is 91.1 Å². The third kappa shape index (κ3) is 47.9. The van der Waals surface area contributed by atoms with Crippen molar-refractivity contribution < 1.29 is 0 Å². The van der Waals surface area contributed by atoms with Crippen molar-refractivity contribution in [1.82, 2.24) is 77.3 Å². The Morgan fingerprint density at radius 3 is 1.00 bits per heavy atom. The lowest BCUT2D eigenvalue weighted by Gasteiger charge is -2.26. The summed E-state index contributed by atoms with van der Waals surface area (Å²) in [6.45, 7) is 42.4. The molecule has 20 nitrogen and oxygen atoms in total. The predicted molar refractivity (Wildman–Crippen MR) is 300 cm³/mol. The number of unbranched alkanes of at least 4 members (excludes halogenated alkanes) is 1. The molecule has 0 saturated heterocycles. The second kappa shape index (κ2) is 56.5. The first-order valence-electron chi connectivity index (χ1n) is 28.2. The molecule has 0 aromatic rings. The van der Waals surface area contributed by atoms with E-state index >= 15 is 0 Å². The Morgan fingerprint density at radius 2 is 0.580 bits per heavy atom. The zero-order valence-corrected chi connectivity index (χ0v) is 45.6. The molecule has 416 valence electrons. The van der Waals surface area contributed by atoms with Gasteiger partial charge in [0.25, 0.3) is 0 Å². The van der Waals surface area contributed by atoms with E-state index in [0.717, 1.165) is 248 Å². The Morgan fingerprint density at radius 1 is 0.246 bits per heavy atom. The summed E-state index contributed by atoms with van der Waals surface area (Å²) >= 11 is 0. The fourth-order valence-corrected chi connectivity index (χ4v) is 8.36. The minimum Gasteiger partial charge on any atom is -0.329 e. The lowest BCUT2D eigenvalue weighted by atomic mass is 10.2. The summed E-state index contributed by atoms with van der Waals surface area (Å²) in [6, 6.07) is 0. The molecule has 0 radical (unpaired) electrons. The van der Waals surface area contributed by atoms with Gasteiger partial charge in [-0.2, -0.15) is 0 Å². The van der Waals surface area contributed by atoms with E-state index in [1.807, 2.05) is 7.05 Å². The van der Waals surface area contributed by atoms with Crippen LogP contribution in [0.3, 0.4) is 0 Å². The quantitative estimate of drug-likeness (QED) is 0.0207. The first-order valence-corrected chi connectivity index (χ1v) is 28.2. The fraction of sp³-hybridized carbons (Fsp3) is 1.00. The van der Waals surface area contributed by atoms with E-state index in [4.69, 9.17) is 28.7 Å². The van der Waals surface area contributed by atoms with Gasteiger partial charge in [-0.15, -0.1) is 0 Å². The molecule has 0 unspecified atom stereocenters. The largest absolute Gasteiger partial charge is 0.329 e. The Balaban J connectivity index is 5.10. The van der Waals surface area contributed by atoms with Crippen molar-refractivity contribution in [2.24, 2.45) is 28.7 Å². The Bertz CT molecular complexity index is 952. The molecule has 20 heteroatoms. The maximum atomic E-state index is 5.95. The van der Waals surface area contributed by atoms with Gasteiger partial charge in [-0.05, 0) is 117 Å². The second-order valence-electron chi connectivity index (χ2n) is 18.5. The highest BCUT2D eigenvalue weighted by Crippen LogP contribution is 1.98. The van der Waals surface area contributed by atoms with Crippen LogP contribution in [0.1, 0.15) is 58.8 Å². The van der Waals surface area contributed by atoms with Crippen molar-refractivity contribution in [1.29, 1.82) is 0 Å². The van der Waals surface area contributed by atoms with Crippen molar-refractivity contribution in [2.45, 2.75) is 58.8 Å². The molecule has 0 aliphatic carbocycles. The minimum atomic E-state index is 0.670. The van der Waals surface area contributed by atoms with Crippen molar-refractivity contribution >= 4 is 0 Å². The average molecular weight is 990 g/mol. The number of hydrogen-bond acceptors (Lipinski definition) is 20. The molecule has 0 spiro atoms. The SMILES string of the molecule is CCCNCCCCN(CCNCCN)CCNCCCN(CCCNCCN(CCCNCN(CCC)CCN)CCNCCN(CCN)CCNCCNC)CCNCCN(CCN)CCN. The molecular formula is C49H120N20. The molecule has 0 aromatic carbocycles. The van der Waals surface area contributed by atoms with Gasteiger partial charge in [0.15, 0.2) is 0 Å². The van der Waals surface area contributed by atoms with Crippen molar-refractivity contribution in [2.75, 3.05) is 262 Å². The topological polar surface area (TPSA) is 258 Å². The first kappa shape index (κ1) is 68.2. The highest BCUT2D eigenvalue weighted by atomic mass is 15.2. The fourth-order valence-electron chi connectivity index (χ4n) is 8.36. The number of nitrogens with two attached hydrogens (primary N) is 5. The molecule has 19 N–H and O–H groups in total.